The van der Waals surface area contributed by atoms with Crippen LogP contribution in [0.3, 0.4) is 0 Å². The number of piperazine rings is 1. The van der Waals surface area contributed by atoms with Crippen molar-refractivity contribution in [2.75, 3.05) is 56.6 Å². The normalized spacial score (nSPS) is 13.6. The van der Waals surface area contributed by atoms with Crippen LogP contribution >= 0.6 is 0 Å². The predicted molar refractivity (Wildman–Crippen MR) is 166 cm³/mol. The lowest BCUT2D eigenvalue weighted by molar-refractivity contribution is -0.114. The summed E-state index contributed by atoms with van der Waals surface area (Å²) in [4.78, 5) is 43.3. The summed E-state index contributed by atoms with van der Waals surface area (Å²) in [6, 6.07) is 20.5. The highest BCUT2D eigenvalue weighted by Crippen LogP contribution is 2.30. The Morgan fingerprint density at radius 2 is 1.69 bits per heavy atom. The largest absolute Gasteiger partial charge is 0.495 e. The molecule has 9 nitrogen and oxygen atoms in total. The third-order valence-electron chi connectivity index (χ3n) is 7.55. The van der Waals surface area contributed by atoms with Crippen molar-refractivity contribution in [1.82, 2.24) is 10.2 Å². The van der Waals surface area contributed by atoms with E-state index in [4.69, 9.17) is 9.15 Å². The van der Waals surface area contributed by atoms with Crippen LogP contribution < -0.4 is 25.7 Å². The second-order valence-corrected chi connectivity index (χ2v) is 10.4. The molecule has 0 bridgehead atoms. The summed E-state index contributed by atoms with van der Waals surface area (Å²) in [5, 5.41) is 5.93. The Bertz CT molecular complexity index is 1640. The summed E-state index contributed by atoms with van der Waals surface area (Å²) in [5.41, 5.74) is 2.82. The minimum atomic E-state index is -0.362. The molecule has 3 aromatic carbocycles. The van der Waals surface area contributed by atoms with Crippen LogP contribution in [0.4, 0.5) is 11.4 Å². The molecular formula is C33H36N4O5. The number of nitrogens with zero attached hydrogens (tertiary/aromatic N) is 2. The van der Waals surface area contributed by atoms with Gasteiger partial charge in [0.05, 0.1) is 23.7 Å². The summed E-state index contributed by atoms with van der Waals surface area (Å²) in [6.45, 7) is 8.02. The molecule has 1 aliphatic heterocycles. The number of methoxy groups -OCH3 is 1. The van der Waals surface area contributed by atoms with Crippen LogP contribution in [0.1, 0.15) is 29.3 Å². The molecule has 2 amide bonds. The molecule has 1 aliphatic rings. The van der Waals surface area contributed by atoms with Crippen molar-refractivity contribution in [3.63, 3.8) is 0 Å². The Morgan fingerprint density at radius 1 is 0.976 bits per heavy atom. The maximum Gasteiger partial charge on any atom is 0.255 e. The monoisotopic (exact) mass is 568 g/mol. The van der Waals surface area contributed by atoms with Crippen molar-refractivity contribution in [2.24, 2.45) is 0 Å². The highest BCUT2D eigenvalue weighted by molar-refractivity contribution is 6.07. The Balaban J connectivity index is 1.27. The Kier molecular flexibility index (Phi) is 8.88. The molecule has 2 heterocycles. The molecule has 218 valence electrons. The number of hydrogen-bond acceptors (Lipinski definition) is 7. The van der Waals surface area contributed by atoms with Crippen LogP contribution in [-0.2, 0) is 4.79 Å². The van der Waals surface area contributed by atoms with E-state index in [0.717, 1.165) is 56.1 Å². The van der Waals surface area contributed by atoms with Crippen molar-refractivity contribution in [3.05, 3.63) is 88.1 Å². The molecule has 2 N–H and O–H groups in total. The zero-order valence-electron chi connectivity index (χ0n) is 24.2. The number of hydrogen-bond donors (Lipinski definition) is 2. The molecule has 1 saturated heterocycles. The van der Waals surface area contributed by atoms with Gasteiger partial charge in [0.1, 0.15) is 11.5 Å². The van der Waals surface area contributed by atoms with Gasteiger partial charge >= 0.3 is 0 Å². The number of nitrogens with one attached hydrogen (secondary N) is 2. The highest BCUT2D eigenvalue weighted by Gasteiger charge is 2.22. The van der Waals surface area contributed by atoms with Crippen LogP contribution in [0.5, 0.6) is 5.75 Å². The first kappa shape index (κ1) is 28.9. The quantitative estimate of drug-likeness (QED) is 0.283. The minimum absolute atomic E-state index is 0.198. The number of fused-ring (bicyclic) bond motifs is 1. The summed E-state index contributed by atoms with van der Waals surface area (Å²) in [6.07, 6.45) is 0.766. The maximum atomic E-state index is 13.4. The lowest BCUT2D eigenvalue weighted by Gasteiger charge is -2.36. The van der Waals surface area contributed by atoms with E-state index in [1.54, 1.807) is 26.2 Å². The maximum absolute atomic E-state index is 13.4. The van der Waals surface area contributed by atoms with Crippen LogP contribution in [-0.4, -0.2) is 63.1 Å². The number of carbonyl (C=O) groups excluding carboxylic acids is 2. The number of rotatable bonds is 9. The summed E-state index contributed by atoms with van der Waals surface area (Å²) < 4.78 is 11.8. The standard InChI is InChI=1S/C33H36N4O5/c1-22-30(39)26-20-25(35-23(2)38)21-27(32(26)42-31(22)24-10-5-4-6-11-24)33(40)34-14-9-15-36-16-18-37(19-17-36)28-12-7-8-13-29(28)41-3/h4-8,10-13,20-21H,9,14-19H2,1-3H3,(H,34,40)(H,35,38). The van der Waals surface area contributed by atoms with Crippen molar-refractivity contribution in [2.45, 2.75) is 20.3 Å². The molecule has 1 aromatic heterocycles. The summed E-state index contributed by atoms with van der Waals surface area (Å²) >= 11 is 0. The Morgan fingerprint density at radius 3 is 2.40 bits per heavy atom. The fourth-order valence-electron chi connectivity index (χ4n) is 5.40. The topological polar surface area (TPSA) is 104 Å². The molecule has 42 heavy (non-hydrogen) atoms. The summed E-state index contributed by atoms with van der Waals surface area (Å²) in [5.74, 6) is 0.639. The highest BCUT2D eigenvalue weighted by atomic mass is 16.5. The third kappa shape index (κ3) is 6.31. The van der Waals surface area contributed by atoms with E-state index in [1.165, 1.54) is 6.92 Å². The molecule has 0 atom stereocenters. The number of benzene rings is 3. The van der Waals surface area contributed by atoms with Gasteiger partial charge in [0.25, 0.3) is 5.91 Å². The number of para-hydroxylation sites is 2. The van der Waals surface area contributed by atoms with E-state index in [2.05, 4.69) is 26.5 Å². The van der Waals surface area contributed by atoms with Crippen molar-refractivity contribution in [3.8, 4) is 17.1 Å². The predicted octanol–water partition coefficient (Wildman–Crippen LogP) is 4.68. The fourth-order valence-corrected chi connectivity index (χ4v) is 5.40. The van der Waals surface area contributed by atoms with E-state index >= 15 is 0 Å². The molecule has 0 unspecified atom stereocenters. The second-order valence-electron chi connectivity index (χ2n) is 10.4. The van der Waals surface area contributed by atoms with Crippen molar-refractivity contribution >= 4 is 34.2 Å². The SMILES string of the molecule is COc1ccccc1N1CCN(CCCNC(=O)c2cc(NC(C)=O)cc3c(=O)c(C)c(-c4ccccc4)oc23)CC1. The minimum Gasteiger partial charge on any atom is -0.495 e. The average Bonchev–Trinajstić information content (AvgIpc) is 3.01. The van der Waals surface area contributed by atoms with Gasteiger partial charge in [-0.2, -0.15) is 0 Å². The zero-order valence-corrected chi connectivity index (χ0v) is 24.2. The Hall–Kier alpha value is -4.63. The van der Waals surface area contributed by atoms with E-state index in [-0.39, 0.29) is 33.8 Å². The van der Waals surface area contributed by atoms with E-state index in [1.807, 2.05) is 48.5 Å². The first-order chi connectivity index (χ1) is 20.4. The van der Waals surface area contributed by atoms with Crippen LogP contribution in [0.15, 0.2) is 75.9 Å². The molecule has 4 aromatic rings. The van der Waals surface area contributed by atoms with Gasteiger partial charge < -0.3 is 24.7 Å². The van der Waals surface area contributed by atoms with E-state index < -0.39 is 0 Å². The van der Waals surface area contributed by atoms with Gasteiger partial charge in [0.15, 0.2) is 11.0 Å². The molecule has 9 heteroatoms. The molecule has 0 spiro atoms. The van der Waals surface area contributed by atoms with Crippen LogP contribution in [0.25, 0.3) is 22.3 Å². The third-order valence-corrected chi connectivity index (χ3v) is 7.55. The van der Waals surface area contributed by atoms with Crippen molar-refractivity contribution in [1.29, 1.82) is 0 Å². The average molecular weight is 569 g/mol. The summed E-state index contributed by atoms with van der Waals surface area (Å²) in [7, 11) is 1.69. The second kappa shape index (κ2) is 12.9. The van der Waals surface area contributed by atoms with Crippen molar-refractivity contribution < 1.29 is 18.7 Å². The molecule has 5 rings (SSSR count). The smallest absolute Gasteiger partial charge is 0.255 e. The van der Waals surface area contributed by atoms with Gasteiger partial charge in [-0.05, 0) is 44.2 Å². The van der Waals surface area contributed by atoms with Gasteiger partial charge in [-0.25, -0.2) is 0 Å². The fraction of sp³-hybridized carbons (Fsp3) is 0.303. The Labute approximate surface area is 245 Å². The molecular weight excluding hydrogens is 532 g/mol. The van der Waals surface area contributed by atoms with Gasteiger partial charge in [0, 0.05) is 56.5 Å². The first-order valence-electron chi connectivity index (χ1n) is 14.2. The number of carbonyl (C=O) groups is 2. The molecule has 0 radical (unpaired) electrons. The number of amides is 2. The van der Waals surface area contributed by atoms with Crippen LogP contribution in [0.2, 0.25) is 0 Å². The van der Waals surface area contributed by atoms with Gasteiger partial charge in [-0.3, -0.25) is 19.3 Å². The van der Waals surface area contributed by atoms with E-state index in [0.29, 0.717) is 23.6 Å². The van der Waals surface area contributed by atoms with Gasteiger partial charge in [-0.1, -0.05) is 42.5 Å². The van der Waals surface area contributed by atoms with Gasteiger partial charge in [-0.15, -0.1) is 0 Å². The lowest BCUT2D eigenvalue weighted by Crippen LogP contribution is -2.47. The number of ether oxygens (including phenoxy) is 1. The molecule has 0 aliphatic carbocycles. The molecule has 0 saturated carbocycles. The van der Waals surface area contributed by atoms with Crippen LogP contribution in [0, 0.1) is 6.92 Å². The first-order valence-corrected chi connectivity index (χ1v) is 14.2. The van der Waals surface area contributed by atoms with Gasteiger partial charge in [0.2, 0.25) is 5.91 Å². The zero-order chi connectivity index (χ0) is 29.6. The number of anilines is 2. The van der Waals surface area contributed by atoms with E-state index in [9.17, 15) is 14.4 Å². The lowest BCUT2D eigenvalue weighted by atomic mass is 10.0. The molecule has 1 fully saturated rings.